The van der Waals surface area contributed by atoms with Gasteiger partial charge in [-0.15, -0.1) is 0 Å². The zero-order valence-corrected chi connectivity index (χ0v) is 18.5. The first-order valence-electron chi connectivity index (χ1n) is 9.48. The van der Waals surface area contributed by atoms with Crippen molar-refractivity contribution < 1.29 is 14.3 Å². The maximum Gasteiger partial charge on any atom is 0.269 e. The minimum Gasteiger partial charge on any atom is -0.437 e. The van der Waals surface area contributed by atoms with E-state index in [1.807, 2.05) is 6.07 Å². The predicted molar refractivity (Wildman–Crippen MR) is 121 cm³/mol. The third-order valence-electron chi connectivity index (χ3n) is 4.30. The Morgan fingerprint density at radius 2 is 2.12 bits per heavy atom. The van der Waals surface area contributed by atoms with Crippen LogP contribution in [0.5, 0.6) is 11.6 Å². The van der Waals surface area contributed by atoms with Crippen LogP contribution in [0.2, 0.25) is 10.0 Å². The standard InChI is InChI=1S/C22H18Cl2N4O4/c1-31-10-4-8-26-20(29)14(13-25)11-16-21(32-18-7-6-15(23)12-17(18)24)27-19-5-2-3-9-28(19)22(16)30/h2-3,5-7,9,11-12H,4,8,10H2,1H3,(H,26,29). The van der Waals surface area contributed by atoms with E-state index in [9.17, 15) is 14.9 Å². The van der Waals surface area contributed by atoms with Crippen molar-refractivity contribution >= 4 is 40.8 Å². The number of methoxy groups -OCH3 is 1. The molecule has 0 atom stereocenters. The van der Waals surface area contributed by atoms with E-state index in [2.05, 4.69) is 10.3 Å². The van der Waals surface area contributed by atoms with Gasteiger partial charge in [-0.1, -0.05) is 29.3 Å². The molecule has 0 aliphatic heterocycles. The zero-order chi connectivity index (χ0) is 23.1. The maximum absolute atomic E-state index is 13.1. The largest absolute Gasteiger partial charge is 0.437 e. The Kier molecular flexibility index (Phi) is 7.84. The summed E-state index contributed by atoms with van der Waals surface area (Å²) in [7, 11) is 1.55. The second-order valence-corrected chi connectivity index (χ2v) is 7.36. The molecule has 1 N–H and O–H groups in total. The summed E-state index contributed by atoms with van der Waals surface area (Å²) in [4.78, 5) is 29.9. The van der Waals surface area contributed by atoms with Gasteiger partial charge in [0.15, 0.2) is 0 Å². The van der Waals surface area contributed by atoms with Crippen molar-refractivity contribution in [2.24, 2.45) is 0 Å². The quantitative estimate of drug-likeness (QED) is 0.303. The van der Waals surface area contributed by atoms with Crippen molar-refractivity contribution in [2.75, 3.05) is 20.3 Å². The third-order valence-corrected chi connectivity index (χ3v) is 4.83. The number of ether oxygens (including phenoxy) is 2. The number of amides is 1. The first kappa shape index (κ1) is 23.3. The van der Waals surface area contributed by atoms with E-state index in [-0.39, 0.29) is 27.8 Å². The fraction of sp³-hybridized carbons (Fsp3) is 0.182. The molecule has 0 aliphatic rings. The summed E-state index contributed by atoms with van der Waals surface area (Å²) in [5.41, 5.74) is -0.555. The van der Waals surface area contributed by atoms with Crippen molar-refractivity contribution in [1.82, 2.24) is 14.7 Å². The van der Waals surface area contributed by atoms with Gasteiger partial charge in [0.1, 0.15) is 28.6 Å². The molecule has 164 valence electrons. The predicted octanol–water partition coefficient (Wildman–Crippen LogP) is 3.85. The average molecular weight is 473 g/mol. The summed E-state index contributed by atoms with van der Waals surface area (Å²) < 4.78 is 12.0. The molecule has 10 heteroatoms. The molecule has 1 amide bonds. The lowest BCUT2D eigenvalue weighted by atomic mass is 10.1. The lowest BCUT2D eigenvalue weighted by molar-refractivity contribution is -0.117. The summed E-state index contributed by atoms with van der Waals surface area (Å²) in [6, 6.07) is 11.4. The number of carbonyl (C=O) groups excluding carboxylic acids is 1. The fourth-order valence-corrected chi connectivity index (χ4v) is 3.20. The van der Waals surface area contributed by atoms with E-state index in [1.54, 1.807) is 31.4 Å². The van der Waals surface area contributed by atoms with Gasteiger partial charge in [0.2, 0.25) is 5.88 Å². The smallest absolute Gasteiger partial charge is 0.269 e. The number of pyridine rings is 1. The Bertz CT molecular complexity index is 1280. The van der Waals surface area contributed by atoms with Gasteiger partial charge in [-0.3, -0.25) is 14.0 Å². The SMILES string of the molecule is COCCCNC(=O)C(C#N)=Cc1c(Oc2ccc(Cl)cc2Cl)nc2ccccn2c1=O. The highest BCUT2D eigenvalue weighted by atomic mass is 35.5. The number of nitrogens with one attached hydrogen (secondary N) is 1. The summed E-state index contributed by atoms with van der Waals surface area (Å²) in [5, 5.41) is 12.7. The number of benzene rings is 1. The van der Waals surface area contributed by atoms with Crippen LogP contribution in [0.15, 0.2) is 53.0 Å². The van der Waals surface area contributed by atoms with E-state index >= 15 is 0 Å². The molecular weight excluding hydrogens is 455 g/mol. The number of fused-ring (bicyclic) bond motifs is 1. The summed E-state index contributed by atoms with van der Waals surface area (Å²) in [6.07, 6.45) is 3.25. The Morgan fingerprint density at radius 1 is 1.31 bits per heavy atom. The van der Waals surface area contributed by atoms with E-state index in [1.165, 1.54) is 22.7 Å². The molecule has 0 bridgehead atoms. The lowest BCUT2D eigenvalue weighted by Crippen LogP contribution is -2.27. The zero-order valence-electron chi connectivity index (χ0n) is 17.0. The van der Waals surface area contributed by atoms with E-state index < -0.39 is 11.5 Å². The van der Waals surface area contributed by atoms with Crippen molar-refractivity contribution in [3.05, 3.63) is 74.1 Å². The van der Waals surface area contributed by atoms with Gasteiger partial charge in [-0.2, -0.15) is 10.2 Å². The molecule has 3 aromatic rings. The van der Waals surface area contributed by atoms with E-state index in [0.717, 1.165) is 6.08 Å². The number of carbonyl (C=O) groups is 1. The molecule has 3 rings (SSSR count). The monoisotopic (exact) mass is 472 g/mol. The molecule has 1 aromatic carbocycles. The number of hydrogen-bond acceptors (Lipinski definition) is 6. The average Bonchev–Trinajstić information content (AvgIpc) is 2.78. The van der Waals surface area contributed by atoms with Crippen LogP contribution < -0.4 is 15.6 Å². The first-order valence-corrected chi connectivity index (χ1v) is 10.2. The Labute approximate surface area is 193 Å². The number of nitrogens with zero attached hydrogens (tertiary/aromatic N) is 3. The van der Waals surface area contributed by atoms with Gasteiger partial charge in [0, 0.05) is 31.5 Å². The highest BCUT2D eigenvalue weighted by Gasteiger charge is 2.18. The van der Waals surface area contributed by atoms with Crippen LogP contribution in [0.1, 0.15) is 12.0 Å². The number of aromatic nitrogens is 2. The van der Waals surface area contributed by atoms with Crippen molar-refractivity contribution in [3.8, 4) is 17.7 Å². The van der Waals surface area contributed by atoms with Crippen molar-refractivity contribution in [3.63, 3.8) is 0 Å². The van der Waals surface area contributed by atoms with Gasteiger partial charge in [-0.05, 0) is 42.8 Å². The van der Waals surface area contributed by atoms with Gasteiger partial charge in [-0.25, -0.2) is 0 Å². The van der Waals surface area contributed by atoms with Gasteiger partial charge < -0.3 is 14.8 Å². The Hall–Kier alpha value is -3.38. The Morgan fingerprint density at radius 3 is 2.84 bits per heavy atom. The normalized spacial score (nSPS) is 11.2. The molecule has 8 nitrogen and oxygen atoms in total. The van der Waals surface area contributed by atoms with Crippen LogP contribution in [0, 0.1) is 11.3 Å². The molecule has 32 heavy (non-hydrogen) atoms. The molecule has 0 aliphatic carbocycles. The van der Waals surface area contributed by atoms with Crippen molar-refractivity contribution in [2.45, 2.75) is 6.42 Å². The second-order valence-electron chi connectivity index (χ2n) is 6.51. The molecule has 0 saturated heterocycles. The minimum atomic E-state index is -0.628. The number of halogens is 2. The van der Waals surface area contributed by atoms with Crippen LogP contribution >= 0.6 is 23.2 Å². The van der Waals surface area contributed by atoms with Crippen LogP contribution in [0.3, 0.4) is 0 Å². The summed E-state index contributed by atoms with van der Waals surface area (Å²) in [6.45, 7) is 0.770. The van der Waals surface area contributed by atoms with E-state index in [4.69, 9.17) is 32.7 Å². The highest BCUT2D eigenvalue weighted by molar-refractivity contribution is 6.35. The summed E-state index contributed by atoms with van der Waals surface area (Å²) >= 11 is 12.1. The Balaban J connectivity index is 2.07. The number of hydrogen-bond donors (Lipinski definition) is 1. The molecule has 0 unspecified atom stereocenters. The van der Waals surface area contributed by atoms with Crippen LogP contribution in [0.4, 0.5) is 0 Å². The van der Waals surface area contributed by atoms with Crippen LogP contribution in [-0.4, -0.2) is 35.6 Å². The van der Waals surface area contributed by atoms with Crippen LogP contribution in [0.25, 0.3) is 11.7 Å². The van der Waals surface area contributed by atoms with Gasteiger partial charge in [0.25, 0.3) is 11.5 Å². The molecule has 0 fully saturated rings. The topological polar surface area (TPSA) is 106 Å². The molecule has 2 heterocycles. The number of rotatable bonds is 8. The molecular formula is C22H18Cl2N4O4. The van der Waals surface area contributed by atoms with E-state index in [0.29, 0.717) is 30.2 Å². The van der Waals surface area contributed by atoms with Gasteiger partial charge >= 0.3 is 0 Å². The second kappa shape index (κ2) is 10.8. The number of nitriles is 1. The maximum atomic E-state index is 13.1. The molecule has 2 aromatic heterocycles. The summed E-state index contributed by atoms with van der Waals surface area (Å²) in [5.74, 6) is -0.526. The minimum absolute atomic E-state index is 0.0803. The highest BCUT2D eigenvalue weighted by Crippen LogP contribution is 2.32. The molecule has 0 saturated carbocycles. The first-order chi connectivity index (χ1) is 15.4. The van der Waals surface area contributed by atoms with Crippen molar-refractivity contribution in [1.29, 1.82) is 5.26 Å². The van der Waals surface area contributed by atoms with Crippen LogP contribution in [-0.2, 0) is 9.53 Å². The molecule has 0 spiro atoms. The lowest BCUT2D eigenvalue weighted by Gasteiger charge is -2.11. The van der Waals surface area contributed by atoms with Gasteiger partial charge in [0.05, 0.1) is 5.02 Å². The molecule has 0 radical (unpaired) electrons. The third kappa shape index (κ3) is 5.45. The fourth-order valence-electron chi connectivity index (χ4n) is 2.75.